The zero-order valence-electron chi connectivity index (χ0n) is 12.3. The normalized spacial score (nSPS) is 11.7. The van der Waals surface area contributed by atoms with Gasteiger partial charge in [0.25, 0.3) is 0 Å². The van der Waals surface area contributed by atoms with Crippen molar-refractivity contribution < 1.29 is 0 Å². The van der Waals surface area contributed by atoms with Crippen molar-refractivity contribution in [3.63, 3.8) is 0 Å². The molecular weight excluding hydrogens is 256 g/mol. The maximum absolute atomic E-state index is 11.3. The first kappa shape index (κ1) is 14.5. The molecule has 7 heteroatoms. The first-order valence-corrected chi connectivity index (χ1v) is 6.95. The fraction of sp³-hybridized carbons (Fsp3) is 0.615. The lowest BCUT2D eigenvalue weighted by Gasteiger charge is -2.20. The molecule has 0 aliphatic heterocycles. The van der Waals surface area contributed by atoms with Crippen molar-refractivity contribution in [3.05, 3.63) is 22.9 Å². The van der Waals surface area contributed by atoms with Gasteiger partial charge in [-0.15, -0.1) is 0 Å². The summed E-state index contributed by atoms with van der Waals surface area (Å²) < 4.78 is 1.38. The summed E-state index contributed by atoms with van der Waals surface area (Å²) in [7, 11) is 2.14. The van der Waals surface area contributed by atoms with Crippen LogP contribution < -0.4 is 11.0 Å². The minimum absolute atomic E-state index is 0.268. The van der Waals surface area contributed by atoms with E-state index in [1.165, 1.54) is 10.7 Å². The van der Waals surface area contributed by atoms with Crippen molar-refractivity contribution in [2.45, 2.75) is 32.7 Å². The number of aromatic nitrogens is 4. The van der Waals surface area contributed by atoms with Crippen molar-refractivity contribution in [1.29, 1.82) is 0 Å². The number of anilines is 1. The Morgan fingerprint density at radius 2 is 2.25 bits per heavy atom. The van der Waals surface area contributed by atoms with Crippen molar-refractivity contribution in [2.75, 3.05) is 25.5 Å². The van der Waals surface area contributed by atoms with Crippen LogP contribution in [0.3, 0.4) is 0 Å². The molecule has 0 aliphatic rings. The Labute approximate surface area is 118 Å². The predicted molar refractivity (Wildman–Crippen MR) is 79.1 cm³/mol. The van der Waals surface area contributed by atoms with Gasteiger partial charge in [0.15, 0.2) is 5.65 Å². The van der Waals surface area contributed by atoms with Crippen LogP contribution in [0.4, 0.5) is 5.82 Å². The maximum Gasteiger partial charge on any atom is 0.348 e. The van der Waals surface area contributed by atoms with Gasteiger partial charge in [-0.25, -0.2) is 19.3 Å². The van der Waals surface area contributed by atoms with Crippen LogP contribution in [-0.2, 0) is 0 Å². The summed E-state index contributed by atoms with van der Waals surface area (Å²) in [6.07, 6.45) is 3.71. The number of fused-ring (bicyclic) bond motifs is 1. The van der Waals surface area contributed by atoms with Gasteiger partial charge in [-0.2, -0.15) is 5.10 Å². The molecule has 0 radical (unpaired) electrons. The Morgan fingerprint density at radius 1 is 1.45 bits per heavy atom. The van der Waals surface area contributed by atoms with E-state index in [0.29, 0.717) is 11.7 Å². The average molecular weight is 278 g/mol. The molecule has 0 aliphatic carbocycles. The van der Waals surface area contributed by atoms with E-state index in [4.69, 9.17) is 0 Å². The second kappa shape index (κ2) is 6.51. The number of rotatable bonds is 7. The van der Waals surface area contributed by atoms with Crippen LogP contribution in [0, 0.1) is 0 Å². The zero-order chi connectivity index (χ0) is 14.5. The lowest BCUT2D eigenvalue weighted by atomic mass is 10.2. The van der Waals surface area contributed by atoms with E-state index in [1.54, 1.807) is 6.07 Å². The topological polar surface area (TPSA) is 78.3 Å². The summed E-state index contributed by atoms with van der Waals surface area (Å²) in [5.41, 5.74) is 0.308. The molecule has 2 aromatic rings. The standard InChI is InChI=1S/C13H22N6O/c1-10(2)18(3)7-5-4-6-14-11-8-12-16-17-13(20)19(12)9-15-11/h8-10,14H,4-7H2,1-3H3,(H,17,20). The molecule has 0 saturated carbocycles. The molecule has 0 aromatic carbocycles. The first-order chi connectivity index (χ1) is 9.58. The number of hydrogen-bond donors (Lipinski definition) is 2. The Balaban J connectivity index is 1.77. The third-order valence-electron chi connectivity index (χ3n) is 3.44. The third-order valence-corrected chi connectivity index (χ3v) is 3.44. The largest absolute Gasteiger partial charge is 0.370 e. The summed E-state index contributed by atoms with van der Waals surface area (Å²) in [6, 6.07) is 2.35. The zero-order valence-corrected chi connectivity index (χ0v) is 12.3. The smallest absolute Gasteiger partial charge is 0.348 e. The van der Waals surface area contributed by atoms with Gasteiger partial charge >= 0.3 is 5.69 Å². The Bertz CT molecular complexity index is 602. The molecule has 2 N–H and O–H groups in total. The fourth-order valence-electron chi connectivity index (χ4n) is 1.87. The quantitative estimate of drug-likeness (QED) is 0.737. The lowest BCUT2D eigenvalue weighted by Crippen LogP contribution is -2.27. The number of unbranched alkanes of at least 4 members (excludes halogenated alkanes) is 1. The minimum atomic E-state index is -0.268. The molecule has 0 atom stereocenters. The highest BCUT2D eigenvalue weighted by Gasteiger charge is 2.03. The summed E-state index contributed by atoms with van der Waals surface area (Å²) in [6.45, 7) is 6.36. The summed E-state index contributed by atoms with van der Waals surface area (Å²) in [5.74, 6) is 0.744. The average Bonchev–Trinajstić information content (AvgIpc) is 2.79. The maximum atomic E-state index is 11.3. The van der Waals surface area contributed by atoms with Gasteiger partial charge in [0.1, 0.15) is 12.1 Å². The Kier molecular flexibility index (Phi) is 4.73. The van der Waals surface area contributed by atoms with Crippen LogP contribution in [0.1, 0.15) is 26.7 Å². The second-order valence-corrected chi connectivity index (χ2v) is 5.24. The van der Waals surface area contributed by atoms with Gasteiger partial charge in [-0.3, -0.25) is 0 Å². The molecule has 7 nitrogen and oxygen atoms in total. The molecule has 0 amide bonds. The molecule has 2 heterocycles. The summed E-state index contributed by atoms with van der Waals surface area (Å²) in [4.78, 5) is 17.8. The van der Waals surface area contributed by atoms with Crippen molar-refractivity contribution >= 4 is 11.5 Å². The monoisotopic (exact) mass is 278 g/mol. The lowest BCUT2D eigenvalue weighted by molar-refractivity contribution is 0.269. The van der Waals surface area contributed by atoms with E-state index < -0.39 is 0 Å². The van der Waals surface area contributed by atoms with Crippen LogP contribution in [0.2, 0.25) is 0 Å². The number of nitrogens with zero attached hydrogens (tertiary/aromatic N) is 4. The van der Waals surface area contributed by atoms with Gasteiger partial charge in [0.2, 0.25) is 0 Å². The SMILES string of the molecule is CC(C)N(C)CCCCNc1cc2n[nH]c(=O)n2cn1. The fourth-order valence-corrected chi connectivity index (χ4v) is 1.87. The molecule has 0 spiro atoms. The van der Waals surface area contributed by atoms with Crippen LogP contribution in [0.15, 0.2) is 17.2 Å². The first-order valence-electron chi connectivity index (χ1n) is 6.95. The number of H-pyrrole nitrogens is 1. The predicted octanol–water partition coefficient (Wildman–Crippen LogP) is 0.950. The number of aromatic amines is 1. The molecular formula is C13H22N6O. The molecule has 0 saturated heterocycles. The van der Waals surface area contributed by atoms with E-state index >= 15 is 0 Å². The van der Waals surface area contributed by atoms with Gasteiger partial charge in [-0.05, 0) is 40.3 Å². The van der Waals surface area contributed by atoms with Crippen molar-refractivity contribution in [3.8, 4) is 0 Å². The van der Waals surface area contributed by atoms with Crippen LogP contribution in [-0.4, -0.2) is 50.7 Å². The van der Waals surface area contributed by atoms with E-state index in [9.17, 15) is 4.79 Å². The van der Waals surface area contributed by atoms with Gasteiger partial charge < -0.3 is 10.2 Å². The molecule has 110 valence electrons. The molecule has 0 fully saturated rings. The highest BCUT2D eigenvalue weighted by Crippen LogP contribution is 2.05. The van der Waals surface area contributed by atoms with Crippen LogP contribution in [0.5, 0.6) is 0 Å². The summed E-state index contributed by atoms with van der Waals surface area (Å²) in [5, 5.41) is 9.54. The molecule has 20 heavy (non-hydrogen) atoms. The molecule has 2 rings (SSSR count). The van der Waals surface area contributed by atoms with E-state index in [-0.39, 0.29) is 5.69 Å². The van der Waals surface area contributed by atoms with Gasteiger partial charge in [-0.1, -0.05) is 0 Å². The van der Waals surface area contributed by atoms with Gasteiger partial charge in [0.05, 0.1) is 0 Å². The molecule has 0 unspecified atom stereocenters. The highest BCUT2D eigenvalue weighted by atomic mass is 16.1. The van der Waals surface area contributed by atoms with Crippen molar-refractivity contribution in [1.82, 2.24) is 24.5 Å². The van der Waals surface area contributed by atoms with E-state index in [2.05, 4.69) is 46.3 Å². The molecule has 2 aromatic heterocycles. The Hall–Kier alpha value is -1.89. The Morgan fingerprint density at radius 3 is 3.00 bits per heavy atom. The van der Waals surface area contributed by atoms with E-state index in [1.807, 2.05) is 0 Å². The van der Waals surface area contributed by atoms with Crippen LogP contribution in [0.25, 0.3) is 5.65 Å². The molecule has 0 bridgehead atoms. The van der Waals surface area contributed by atoms with Gasteiger partial charge in [0, 0.05) is 18.7 Å². The highest BCUT2D eigenvalue weighted by molar-refractivity contribution is 5.48. The summed E-state index contributed by atoms with van der Waals surface area (Å²) >= 11 is 0. The van der Waals surface area contributed by atoms with E-state index in [0.717, 1.165) is 31.7 Å². The number of nitrogens with one attached hydrogen (secondary N) is 2. The van der Waals surface area contributed by atoms with Crippen LogP contribution >= 0.6 is 0 Å². The van der Waals surface area contributed by atoms with Crippen molar-refractivity contribution in [2.24, 2.45) is 0 Å². The second-order valence-electron chi connectivity index (χ2n) is 5.24. The third kappa shape index (κ3) is 3.57. The number of hydrogen-bond acceptors (Lipinski definition) is 5. The minimum Gasteiger partial charge on any atom is -0.370 e.